The molecule has 0 aliphatic heterocycles. The molecule has 0 saturated heterocycles. The number of hydrogen-bond acceptors (Lipinski definition) is 6. The quantitative estimate of drug-likeness (QED) is 0.440. The van der Waals surface area contributed by atoms with Gasteiger partial charge in [-0.2, -0.15) is 0 Å². The van der Waals surface area contributed by atoms with E-state index < -0.39 is 15.1 Å². The van der Waals surface area contributed by atoms with Crippen molar-refractivity contribution in [3.63, 3.8) is 0 Å². The molecule has 3 rings (SSSR count). The van der Waals surface area contributed by atoms with Gasteiger partial charge in [0.25, 0.3) is 0 Å². The first-order valence-corrected chi connectivity index (χ1v) is 13.5. The van der Waals surface area contributed by atoms with Crippen LogP contribution in [0.5, 0.6) is 0 Å². The monoisotopic (exact) mass is 487 g/mol. The Kier molecular flexibility index (Phi) is 7.92. The molecule has 1 aromatic heterocycles. The first-order valence-electron chi connectivity index (χ1n) is 11.1. The number of carbonyl (C=O) groups is 1. The number of aryl methyl sites for hydroxylation is 2. The lowest BCUT2D eigenvalue weighted by molar-refractivity contribution is -0.118. The predicted molar refractivity (Wildman–Crippen MR) is 137 cm³/mol. The Balaban J connectivity index is 1.86. The number of carbonyl (C=O) groups excluding carboxylic acids is 1. The Hall–Kier alpha value is -2.29. The van der Waals surface area contributed by atoms with Gasteiger partial charge in [-0.15, -0.1) is 0 Å². The van der Waals surface area contributed by atoms with Gasteiger partial charge in [0.15, 0.2) is 15.0 Å². The number of fused-ring (bicyclic) bond motifs is 1. The Morgan fingerprint density at radius 1 is 1.06 bits per heavy atom. The lowest BCUT2D eigenvalue weighted by atomic mass is 10.1. The molecule has 0 saturated carbocycles. The van der Waals surface area contributed by atoms with E-state index in [0.717, 1.165) is 39.9 Å². The highest BCUT2D eigenvalue weighted by molar-refractivity contribution is 7.92. The SMILES string of the molecule is Cc1cc(C)c2sc(N(CCCN(C)C)C(=O)Cc3ccc(S(=O)(=O)C(C)C)cc3)nc2c1. The van der Waals surface area contributed by atoms with E-state index in [1.165, 1.54) is 0 Å². The van der Waals surface area contributed by atoms with Gasteiger partial charge in [-0.05, 0) is 89.6 Å². The Bertz CT molecular complexity index is 1230. The van der Waals surface area contributed by atoms with E-state index in [1.807, 2.05) is 14.1 Å². The smallest absolute Gasteiger partial charge is 0.233 e. The molecule has 0 aliphatic carbocycles. The zero-order chi connectivity index (χ0) is 24.3. The highest BCUT2D eigenvalue weighted by atomic mass is 32.2. The van der Waals surface area contributed by atoms with Gasteiger partial charge in [0.05, 0.1) is 26.8 Å². The molecule has 0 fully saturated rings. The molecule has 0 N–H and O–H groups in total. The van der Waals surface area contributed by atoms with Crippen LogP contribution < -0.4 is 4.90 Å². The molecule has 1 amide bonds. The minimum atomic E-state index is -3.33. The van der Waals surface area contributed by atoms with Gasteiger partial charge >= 0.3 is 0 Å². The fourth-order valence-corrected chi connectivity index (χ4v) is 5.81. The van der Waals surface area contributed by atoms with Crippen molar-refractivity contribution in [2.24, 2.45) is 0 Å². The molecule has 1 heterocycles. The maximum Gasteiger partial charge on any atom is 0.233 e. The van der Waals surface area contributed by atoms with Crippen LogP contribution in [0.1, 0.15) is 37.0 Å². The second-order valence-electron chi connectivity index (χ2n) is 9.04. The molecule has 0 unspecified atom stereocenters. The maximum absolute atomic E-state index is 13.4. The molecular weight excluding hydrogens is 454 g/mol. The van der Waals surface area contributed by atoms with Crippen LogP contribution in [0.25, 0.3) is 10.2 Å². The van der Waals surface area contributed by atoms with Crippen LogP contribution in [0.2, 0.25) is 0 Å². The summed E-state index contributed by atoms with van der Waals surface area (Å²) in [6.45, 7) is 8.90. The van der Waals surface area contributed by atoms with E-state index >= 15 is 0 Å². The molecule has 2 aromatic carbocycles. The third kappa shape index (κ3) is 5.99. The summed E-state index contributed by atoms with van der Waals surface area (Å²) in [4.78, 5) is 22.3. The Morgan fingerprint density at radius 3 is 2.33 bits per heavy atom. The first kappa shape index (κ1) is 25.3. The number of thiazole rings is 1. The van der Waals surface area contributed by atoms with E-state index in [-0.39, 0.29) is 17.2 Å². The summed E-state index contributed by atoms with van der Waals surface area (Å²) in [6.07, 6.45) is 1.02. The van der Waals surface area contributed by atoms with E-state index in [4.69, 9.17) is 4.98 Å². The van der Waals surface area contributed by atoms with Crippen molar-refractivity contribution >= 4 is 42.4 Å². The van der Waals surface area contributed by atoms with Crippen molar-refractivity contribution in [2.75, 3.05) is 32.1 Å². The lowest BCUT2D eigenvalue weighted by Gasteiger charge is -2.21. The summed E-state index contributed by atoms with van der Waals surface area (Å²) in [6, 6.07) is 10.8. The second kappa shape index (κ2) is 10.3. The number of sulfone groups is 1. The zero-order valence-corrected chi connectivity index (χ0v) is 21.9. The second-order valence-corrected chi connectivity index (χ2v) is 12.5. The van der Waals surface area contributed by atoms with Crippen molar-refractivity contribution in [1.29, 1.82) is 0 Å². The van der Waals surface area contributed by atoms with E-state index in [2.05, 4.69) is 30.9 Å². The lowest BCUT2D eigenvalue weighted by Crippen LogP contribution is -2.34. The largest absolute Gasteiger partial charge is 0.309 e. The molecule has 0 bridgehead atoms. The van der Waals surface area contributed by atoms with Crippen LogP contribution in [0.4, 0.5) is 5.13 Å². The fraction of sp³-hybridized carbons (Fsp3) is 0.440. The zero-order valence-electron chi connectivity index (χ0n) is 20.3. The summed E-state index contributed by atoms with van der Waals surface area (Å²) < 4.78 is 25.9. The predicted octanol–water partition coefficient (Wildman–Crippen LogP) is 4.62. The minimum absolute atomic E-state index is 0.0401. The Labute approximate surface area is 201 Å². The average Bonchev–Trinajstić information content (AvgIpc) is 3.15. The van der Waals surface area contributed by atoms with Crippen molar-refractivity contribution in [3.05, 3.63) is 53.1 Å². The van der Waals surface area contributed by atoms with E-state index in [9.17, 15) is 13.2 Å². The van der Waals surface area contributed by atoms with Crippen LogP contribution >= 0.6 is 11.3 Å². The van der Waals surface area contributed by atoms with Crippen molar-refractivity contribution < 1.29 is 13.2 Å². The molecule has 0 atom stereocenters. The molecule has 6 nitrogen and oxygen atoms in total. The molecule has 33 heavy (non-hydrogen) atoms. The fourth-order valence-electron chi connectivity index (χ4n) is 3.69. The number of aromatic nitrogens is 1. The van der Waals surface area contributed by atoms with Crippen LogP contribution in [-0.4, -0.2) is 56.6 Å². The van der Waals surface area contributed by atoms with Gasteiger partial charge in [0.1, 0.15) is 0 Å². The average molecular weight is 488 g/mol. The minimum Gasteiger partial charge on any atom is -0.309 e. The third-order valence-corrected chi connectivity index (χ3v) is 8.96. The van der Waals surface area contributed by atoms with Gasteiger partial charge in [0.2, 0.25) is 5.91 Å². The molecule has 0 spiro atoms. The van der Waals surface area contributed by atoms with Crippen LogP contribution in [-0.2, 0) is 21.1 Å². The van der Waals surface area contributed by atoms with Crippen molar-refractivity contribution in [2.45, 2.75) is 50.7 Å². The third-order valence-electron chi connectivity index (χ3n) is 5.56. The topological polar surface area (TPSA) is 70.6 Å². The molecule has 3 aromatic rings. The molecule has 0 aliphatic rings. The summed E-state index contributed by atoms with van der Waals surface area (Å²) in [5.74, 6) is -0.0401. The standard InChI is InChI=1S/C25H33N3O3S2/c1-17(2)33(30,31)21-10-8-20(9-11-21)16-23(29)28(13-7-12-27(5)6)25-26-22-15-18(3)14-19(4)24(22)32-25/h8-11,14-15,17H,7,12-13,16H2,1-6H3. The highest BCUT2D eigenvalue weighted by Crippen LogP contribution is 2.32. The number of anilines is 1. The number of hydrogen-bond donors (Lipinski definition) is 0. The van der Waals surface area contributed by atoms with Gasteiger partial charge in [0, 0.05) is 6.54 Å². The van der Waals surface area contributed by atoms with E-state index in [1.54, 1.807) is 54.3 Å². The molecular formula is C25H33N3O3S2. The van der Waals surface area contributed by atoms with Gasteiger partial charge < -0.3 is 4.90 Å². The summed E-state index contributed by atoms with van der Waals surface area (Å²) >= 11 is 1.55. The number of rotatable bonds is 9. The normalized spacial score (nSPS) is 12.1. The van der Waals surface area contributed by atoms with Crippen molar-refractivity contribution in [1.82, 2.24) is 9.88 Å². The van der Waals surface area contributed by atoms with Crippen LogP contribution in [0, 0.1) is 13.8 Å². The number of nitrogens with zero attached hydrogens (tertiary/aromatic N) is 3. The van der Waals surface area contributed by atoms with Gasteiger partial charge in [-0.1, -0.05) is 29.5 Å². The number of benzene rings is 2. The van der Waals surface area contributed by atoms with Crippen LogP contribution in [0.15, 0.2) is 41.3 Å². The van der Waals surface area contributed by atoms with Gasteiger partial charge in [-0.3, -0.25) is 9.69 Å². The molecule has 0 radical (unpaired) electrons. The van der Waals surface area contributed by atoms with Gasteiger partial charge in [-0.25, -0.2) is 13.4 Å². The van der Waals surface area contributed by atoms with Crippen molar-refractivity contribution in [3.8, 4) is 0 Å². The summed E-state index contributed by atoms with van der Waals surface area (Å²) in [5, 5.41) is 0.227. The van der Waals surface area contributed by atoms with E-state index in [0.29, 0.717) is 11.7 Å². The molecule has 8 heteroatoms. The summed E-state index contributed by atoms with van der Waals surface area (Å²) in [5.41, 5.74) is 4.02. The maximum atomic E-state index is 13.4. The Morgan fingerprint density at radius 2 is 1.73 bits per heavy atom. The van der Waals surface area contributed by atoms with Crippen LogP contribution in [0.3, 0.4) is 0 Å². The summed E-state index contributed by atoms with van der Waals surface area (Å²) in [7, 11) is 0.701. The first-order chi connectivity index (χ1) is 15.5. The highest BCUT2D eigenvalue weighted by Gasteiger charge is 2.22. The molecule has 178 valence electrons. The number of amides is 1.